The number of likely N-dealkylation sites (N-methyl/N-ethyl adjacent to an activating group) is 1. The van der Waals surface area contributed by atoms with Crippen molar-refractivity contribution in [3.8, 4) is 0 Å². The standard InChI is InChI=1S/C20H25ClN2O2/c1-3-25-15-17-10-8-16(9-11-17)12-22-20(24)14-23(2)13-18-6-4-5-7-19(18)21/h4-11H,3,12-15H2,1-2H3,(H,22,24). The van der Waals surface area contributed by atoms with Crippen molar-refractivity contribution in [2.24, 2.45) is 0 Å². The van der Waals surface area contributed by atoms with Gasteiger partial charge in [-0.3, -0.25) is 9.69 Å². The number of rotatable bonds is 9. The van der Waals surface area contributed by atoms with Gasteiger partial charge >= 0.3 is 0 Å². The first-order valence-corrected chi connectivity index (χ1v) is 8.80. The van der Waals surface area contributed by atoms with Gasteiger partial charge in [0.05, 0.1) is 13.2 Å². The summed E-state index contributed by atoms with van der Waals surface area (Å²) in [7, 11) is 1.91. The van der Waals surface area contributed by atoms with Crippen LogP contribution in [0.1, 0.15) is 23.6 Å². The van der Waals surface area contributed by atoms with Crippen LogP contribution in [0.3, 0.4) is 0 Å². The molecule has 134 valence electrons. The van der Waals surface area contributed by atoms with E-state index in [4.69, 9.17) is 16.3 Å². The third kappa shape index (κ3) is 6.86. The van der Waals surface area contributed by atoms with Crippen LogP contribution in [0.5, 0.6) is 0 Å². The Morgan fingerprint density at radius 3 is 2.48 bits per heavy atom. The Labute approximate surface area is 154 Å². The fourth-order valence-corrected chi connectivity index (χ4v) is 2.64. The number of hydrogen-bond donors (Lipinski definition) is 1. The Hall–Kier alpha value is -1.88. The van der Waals surface area contributed by atoms with E-state index in [1.807, 2.05) is 67.4 Å². The van der Waals surface area contributed by atoms with Crippen LogP contribution >= 0.6 is 11.6 Å². The predicted molar refractivity (Wildman–Crippen MR) is 101 cm³/mol. The fraction of sp³-hybridized carbons (Fsp3) is 0.350. The quantitative estimate of drug-likeness (QED) is 0.742. The summed E-state index contributed by atoms with van der Waals surface area (Å²) in [5, 5.41) is 3.67. The average molecular weight is 361 g/mol. The van der Waals surface area contributed by atoms with Crippen LogP contribution < -0.4 is 5.32 Å². The van der Waals surface area contributed by atoms with Gasteiger partial charge in [-0.2, -0.15) is 0 Å². The van der Waals surface area contributed by atoms with Crippen LogP contribution in [0.4, 0.5) is 0 Å². The van der Waals surface area contributed by atoms with Crippen molar-refractivity contribution in [2.75, 3.05) is 20.2 Å². The molecule has 5 heteroatoms. The van der Waals surface area contributed by atoms with Crippen molar-refractivity contribution < 1.29 is 9.53 Å². The van der Waals surface area contributed by atoms with Gasteiger partial charge in [0.2, 0.25) is 5.91 Å². The smallest absolute Gasteiger partial charge is 0.234 e. The molecular formula is C20H25ClN2O2. The maximum Gasteiger partial charge on any atom is 0.234 e. The van der Waals surface area contributed by atoms with Crippen molar-refractivity contribution >= 4 is 17.5 Å². The van der Waals surface area contributed by atoms with Crippen LogP contribution in [0, 0.1) is 0 Å². The summed E-state index contributed by atoms with van der Waals surface area (Å²) in [6.45, 7) is 4.79. The van der Waals surface area contributed by atoms with E-state index < -0.39 is 0 Å². The van der Waals surface area contributed by atoms with Crippen molar-refractivity contribution in [2.45, 2.75) is 26.6 Å². The number of amides is 1. The average Bonchev–Trinajstić information content (AvgIpc) is 2.61. The van der Waals surface area contributed by atoms with Gasteiger partial charge in [-0.05, 0) is 36.7 Å². The van der Waals surface area contributed by atoms with Crippen LogP contribution in [0.2, 0.25) is 5.02 Å². The summed E-state index contributed by atoms with van der Waals surface area (Å²) >= 11 is 6.15. The van der Waals surface area contributed by atoms with Crippen LogP contribution in [-0.4, -0.2) is 31.0 Å². The van der Waals surface area contributed by atoms with Crippen molar-refractivity contribution in [1.82, 2.24) is 10.2 Å². The van der Waals surface area contributed by atoms with Crippen LogP contribution in [-0.2, 0) is 29.2 Å². The highest BCUT2D eigenvalue weighted by atomic mass is 35.5. The minimum atomic E-state index is -0.00653. The van der Waals surface area contributed by atoms with E-state index >= 15 is 0 Å². The number of hydrogen-bond acceptors (Lipinski definition) is 3. The molecule has 0 spiro atoms. The monoisotopic (exact) mass is 360 g/mol. The first kappa shape index (κ1) is 19.4. The van der Waals surface area contributed by atoms with Gasteiger partial charge in [-0.25, -0.2) is 0 Å². The minimum absolute atomic E-state index is 0.00653. The topological polar surface area (TPSA) is 41.6 Å². The predicted octanol–water partition coefficient (Wildman–Crippen LogP) is 3.62. The number of halogens is 1. The van der Waals surface area contributed by atoms with E-state index in [0.717, 1.165) is 21.7 Å². The number of benzene rings is 2. The molecule has 0 saturated carbocycles. The number of carbonyl (C=O) groups excluding carboxylic acids is 1. The van der Waals surface area contributed by atoms with Gasteiger partial charge in [0, 0.05) is 24.7 Å². The fourth-order valence-electron chi connectivity index (χ4n) is 2.45. The van der Waals surface area contributed by atoms with Crippen molar-refractivity contribution in [3.63, 3.8) is 0 Å². The third-order valence-corrected chi connectivity index (χ3v) is 4.17. The second kappa shape index (κ2) is 10.2. The summed E-state index contributed by atoms with van der Waals surface area (Å²) < 4.78 is 5.37. The number of nitrogens with one attached hydrogen (secondary N) is 1. The molecule has 0 unspecified atom stereocenters. The van der Waals surface area contributed by atoms with E-state index in [1.165, 1.54) is 0 Å². The van der Waals surface area contributed by atoms with E-state index in [9.17, 15) is 4.79 Å². The molecule has 0 aromatic heterocycles. The van der Waals surface area contributed by atoms with Gasteiger partial charge in [0.1, 0.15) is 0 Å². The molecular weight excluding hydrogens is 336 g/mol. The molecule has 0 saturated heterocycles. The van der Waals surface area contributed by atoms with Gasteiger partial charge in [0.15, 0.2) is 0 Å². The number of ether oxygens (including phenoxy) is 1. The molecule has 1 N–H and O–H groups in total. The van der Waals surface area contributed by atoms with Crippen molar-refractivity contribution in [3.05, 3.63) is 70.2 Å². The van der Waals surface area contributed by atoms with Crippen molar-refractivity contribution in [1.29, 1.82) is 0 Å². The molecule has 1 amide bonds. The molecule has 4 nitrogen and oxygen atoms in total. The molecule has 0 aliphatic heterocycles. The highest BCUT2D eigenvalue weighted by molar-refractivity contribution is 6.31. The zero-order valence-corrected chi connectivity index (χ0v) is 15.6. The molecule has 2 aromatic rings. The summed E-state index contributed by atoms with van der Waals surface area (Å²) in [4.78, 5) is 14.1. The van der Waals surface area contributed by atoms with E-state index in [1.54, 1.807) is 0 Å². The lowest BCUT2D eigenvalue weighted by Crippen LogP contribution is -2.34. The largest absolute Gasteiger partial charge is 0.377 e. The van der Waals surface area contributed by atoms with E-state index in [0.29, 0.717) is 32.8 Å². The zero-order chi connectivity index (χ0) is 18.1. The lowest BCUT2D eigenvalue weighted by atomic mass is 10.1. The van der Waals surface area contributed by atoms with Gasteiger partial charge in [-0.1, -0.05) is 54.1 Å². The summed E-state index contributed by atoms with van der Waals surface area (Å²) in [6, 6.07) is 15.8. The molecule has 2 aromatic carbocycles. The second-order valence-corrected chi connectivity index (χ2v) is 6.40. The Balaban J connectivity index is 1.75. The minimum Gasteiger partial charge on any atom is -0.377 e. The zero-order valence-electron chi connectivity index (χ0n) is 14.8. The number of nitrogens with zero attached hydrogens (tertiary/aromatic N) is 1. The first-order valence-electron chi connectivity index (χ1n) is 8.42. The highest BCUT2D eigenvalue weighted by Crippen LogP contribution is 2.16. The highest BCUT2D eigenvalue weighted by Gasteiger charge is 2.08. The van der Waals surface area contributed by atoms with Gasteiger partial charge in [0.25, 0.3) is 0 Å². The molecule has 25 heavy (non-hydrogen) atoms. The van der Waals surface area contributed by atoms with Crippen LogP contribution in [0.15, 0.2) is 48.5 Å². The lowest BCUT2D eigenvalue weighted by Gasteiger charge is -2.17. The second-order valence-electron chi connectivity index (χ2n) is 5.99. The molecule has 0 bridgehead atoms. The summed E-state index contributed by atoms with van der Waals surface area (Å²) in [6.07, 6.45) is 0. The Morgan fingerprint density at radius 1 is 1.12 bits per heavy atom. The first-order chi connectivity index (χ1) is 12.1. The van der Waals surface area contributed by atoms with E-state index in [2.05, 4.69) is 5.32 Å². The maximum absolute atomic E-state index is 12.1. The molecule has 0 heterocycles. The third-order valence-electron chi connectivity index (χ3n) is 3.80. The lowest BCUT2D eigenvalue weighted by molar-refractivity contribution is -0.122. The van der Waals surface area contributed by atoms with Gasteiger partial charge < -0.3 is 10.1 Å². The number of carbonyl (C=O) groups is 1. The molecule has 0 atom stereocenters. The van der Waals surface area contributed by atoms with Crippen LogP contribution in [0.25, 0.3) is 0 Å². The Bertz CT molecular complexity index is 674. The van der Waals surface area contributed by atoms with Gasteiger partial charge in [-0.15, -0.1) is 0 Å². The molecule has 0 fully saturated rings. The normalized spacial score (nSPS) is 10.9. The molecule has 0 aliphatic carbocycles. The Kier molecular flexibility index (Phi) is 7.92. The SMILES string of the molecule is CCOCc1ccc(CNC(=O)CN(C)Cc2ccccc2Cl)cc1. The maximum atomic E-state index is 12.1. The Morgan fingerprint density at radius 2 is 1.80 bits per heavy atom. The van der Waals surface area contributed by atoms with E-state index in [-0.39, 0.29) is 5.91 Å². The summed E-state index contributed by atoms with van der Waals surface area (Å²) in [5.74, 6) is -0.00653. The molecule has 2 rings (SSSR count). The molecule has 0 aliphatic rings. The summed E-state index contributed by atoms with van der Waals surface area (Å²) in [5.41, 5.74) is 3.23. The molecule has 0 radical (unpaired) electrons.